The summed E-state index contributed by atoms with van der Waals surface area (Å²) in [6.45, 7) is 0.379. The highest BCUT2D eigenvalue weighted by atomic mass is 16.5. The Labute approximate surface area is 184 Å². The second kappa shape index (κ2) is 8.93. The highest BCUT2D eigenvalue weighted by Crippen LogP contribution is 2.31. The van der Waals surface area contributed by atoms with E-state index < -0.39 is 0 Å². The van der Waals surface area contributed by atoms with Gasteiger partial charge in [0.25, 0.3) is 5.56 Å². The number of anilines is 1. The summed E-state index contributed by atoms with van der Waals surface area (Å²) < 4.78 is 13.8. The molecule has 0 aliphatic carbocycles. The van der Waals surface area contributed by atoms with E-state index in [0.717, 1.165) is 5.56 Å². The Morgan fingerprint density at radius 2 is 1.81 bits per heavy atom. The first-order chi connectivity index (χ1) is 15.5. The number of nitrogens with zero attached hydrogens (tertiary/aromatic N) is 4. The third-order valence-electron chi connectivity index (χ3n) is 5.15. The van der Waals surface area contributed by atoms with Crippen molar-refractivity contribution in [3.8, 4) is 11.5 Å². The molecule has 2 aromatic heterocycles. The lowest BCUT2D eigenvalue weighted by molar-refractivity contribution is -0.115. The molecule has 1 amide bonds. The third-order valence-corrected chi connectivity index (χ3v) is 5.15. The molecule has 164 valence electrons. The number of ether oxygens (including phenoxy) is 2. The number of hydrogen-bond donors (Lipinski definition) is 1. The smallest absolute Gasteiger partial charge is 0.274 e. The molecule has 0 fully saturated rings. The number of carbonyl (C=O) groups is 1. The summed E-state index contributed by atoms with van der Waals surface area (Å²) in [7, 11) is 4.74. The van der Waals surface area contributed by atoms with Gasteiger partial charge in [-0.1, -0.05) is 30.3 Å². The van der Waals surface area contributed by atoms with Crippen molar-refractivity contribution < 1.29 is 14.3 Å². The number of carbonyl (C=O) groups excluding carboxylic acids is 1. The van der Waals surface area contributed by atoms with Crippen molar-refractivity contribution in [2.24, 2.45) is 7.05 Å². The number of methoxy groups -OCH3 is 2. The standard InChI is InChI=1S/C23H23N5O4/c1-27-23(30)17-9-5-4-8-16(17)18(26-27)13-21(29)25-20-11-12-24-28(20)14-15-7-6-10-19(31-2)22(15)32-3/h4-12H,13-14H2,1-3H3,(H,25,29). The molecular weight excluding hydrogens is 410 g/mol. The summed E-state index contributed by atoms with van der Waals surface area (Å²) in [4.78, 5) is 25.1. The molecular formula is C23H23N5O4. The Morgan fingerprint density at radius 1 is 1.03 bits per heavy atom. The average Bonchev–Trinajstić information content (AvgIpc) is 3.23. The van der Waals surface area contributed by atoms with Crippen molar-refractivity contribution in [1.82, 2.24) is 19.6 Å². The topological polar surface area (TPSA) is 100 Å². The number of nitrogens with one attached hydrogen (secondary N) is 1. The molecule has 9 heteroatoms. The van der Waals surface area contributed by atoms with Crippen LogP contribution < -0.4 is 20.3 Å². The Morgan fingerprint density at radius 3 is 2.56 bits per heavy atom. The monoisotopic (exact) mass is 433 g/mol. The van der Waals surface area contributed by atoms with Crippen molar-refractivity contribution in [2.75, 3.05) is 19.5 Å². The van der Waals surface area contributed by atoms with Crippen LogP contribution in [-0.4, -0.2) is 39.7 Å². The molecule has 0 atom stereocenters. The third kappa shape index (κ3) is 4.04. The molecule has 2 heterocycles. The van der Waals surface area contributed by atoms with Gasteiger partial charge in [0.05, 0.1) is 44.5 Å². The SMILES string of the molecule is COc1cccc(Cn2nccc2NC(=O)Cc2nn(C)c(=O)c3ccccc23)c1OC. The number of aryl methyl sites for hydroxylation is 1. The van der Waals surface area contributed by atoms with Gasteiger partial charge in [-0.3, -0.25) is 9.59 Å². The fraction of sp³-hybridized carbons (Fsp3) is 0.217. The van der Waals surface area contributed by atoms with Gasteiger partial charge in [0, 0.05) is 24.1 Å². The van der Waals surface area contributed by atoms with Gasteiger partial charge in [0.2, 0.25) is 5.91 Å². The van der Waals surface area contributed by atoms with Crippen LogP contribution in [0.3, 0.4) is 0 Å². The second-order valence-electron chi connectivity index (χ2n) is 7.17. The van der Waals surface area contributed by atoms with E-state index in [4.69, 9.17) is 9.47 Å². The van der Waals surface area contributed by atoms with Gasteiger partial charge >= 0.3 is 0 Å². The molecule has 0 aliphatic rings. The lowest BCUT2D eigenvalue weighted by Crippen LogP contribution is -2.24. The lowest BCUT2D eigenvalue weighted by Gasteiger charge is -2.14. The Hall–Kier alpha value is -4.14. The molecule has 4 rings (SSSR count). The first-order valence-electron chi connectivity index (χ1n) is 9.98. The molecule has 9 nitrogen and oxygen atoms in total. The van der Waals surface area contributed by atoms with Crippen LogP contribution in [0, 0.1) is 0 Å². The number of aromatic nitrogens is 4. The maximum atomic E-state index is 12.8. The summed E-state index contributed by atoms with van der Waals surface area (Å²) >= 11 is 0. The second-order valence-corrected chi connectivity index (χ2v) is 7.17. The van der Waals surface area contributed by atoms with Crippen molar-refractivity contribution in [3.05, 3.63) is 76.3 Å². The summed E-state index contributed by atoms with van der Waals surface area (Å²) in [5.74, 6) is 1.51. The minimum absolute atomic E-state index is 0.0162. The van der Waals surface area contributed by atoms with Crippen LogP contribution in [0.25, 0.3) is 10.8 Å². The van der Waals surface area contributed by atoms with E-state index in [2.05, 4.69) is 15.5 Å². The Bertz CT molecular complexity index is 1340. The Balaban J connectivity index is 1.56. The zero-order chi connectivity index (χ0) is 22.7. The van der Waals surface area contributed by atoms with Crippen LogP contribution in [0.5, 0.6) is 11.5 Å². The number of hydrogen-bond acceptors (Lipinski definition) is 6. The summed E-state index contributed by atoms with van der Waals surface area (Å²) in [6.07, 6.45) is 1.63. The van der Waals surface area contributed by atoms with Gasteiger partial charge in [-0.15, -0.1) is 0 Å². The quantitative estimate of drug-likeness (QED) is 0.480. The molecule has 1 N–H and O–H groups in total. The van der Waals surface area contributed by atoms with E-state index in [1.54, 1.807) is 56.4 Å². The zero-order valence-corrected chi connectivity index (χ0v) is 18.0. The van der Waals surface area contributed by atoms with Crippen LogP contribution in [0.15, 0.2) is 59.5 Å². The van der Waals surface area contributed by atoms with E-state index in [0.29, 0.717) is 40.3 Å². The minimum Gasteiger partial charge on any atom is -0.493 e. The van der Waals surface area contributed by atoms with Gasteiger partial charge in [-0.2, -0.15) is 10.2 Å². The van der Waals surface area contributed by atoms with Crippen molar-refractivity contribution >= 4 is 22.5 Å². The van der Waals surface area contributed by atoms with Gasteiger partial charge in [-0.25, -0.2) is 9.36 Å². The van der Waals surface area contributed by atoms with Crippen LogP contribution in [-0.2, 0) is 24.8 Å². The molecule has 0 saturated heterocycles. The first kappa shape index (κ1) is 21.1. The van der Waals surface area contributed by atoms with Gasteiger partial charge < -0.3 is 14.8 Å². The molecule has 0 bridgehead atoms. The van der Waals surface area contributed by atoms with Crippen LogP contribution >= 0.6 is 0 Å². The molecule has 0 unspecified atom stereocenters. The summed E-state index contributed by atoms with van der Waals surface area (Å²) in [6, 6.07) is 14.5. The van der Waals surface area contributed by atoms with E-state index in [9.17, 15) is 9.59 Å². The van der Waals surface area contributed by atoms with Gasteiger partial charge in [0.1, 0.15) is 5.82 Å². The predicted molar refractivity (Wildman–Crippen MR) is 120 cm³/mol. The number of benzene rings is 2. The van der Waals surface area contributed by atoms with E-state index in [1.165, 1.54) is 4.68 Å². The lowest BCUT2D eigenvalue weighted by atomic mass is 10.1. The fourth-order valence-corrected chi connectivity index (χ4v) is 3.65. The van der Waals surface area contributed by atoms with Crippen molar-refractivity contribution in [2.45, 2.75) is 13.0 Å². The summed E-state index contributed by atoms with van der Waals surface area (Å²) in [5.41, 5.74) is 1.19. The molecule has 0 radical (unpaired) electrons. The van der Waals surface area contributed by atoms with Gasteiger partial charge in [0.15, 0.2) is 11.5 Å². The molecule has 0 aliphatic heterocycles. The predicted octanol–water partition coefficient (Wildman–Crippen LogP) is 2.38. The van der Waals surface area contributed by atoms with Gasteiger partial charge in [-0.05, 0) is 12.1 Å². The number of rotatable bonds is 7. The van der Waals surface area contributed by atoms with Crippen LogP contribution in [0.2, 0.25) is 0 Å². The minimum atomic E-state index is -0.263. The number of amides is 1. The van der Waals surface area contributed by atoms with E-state index in [1.807, 2.05) is 24.3 Å². The molecule has 2 aromatic carbocycles. The number of para-hydroxylation sites is 1. The molecule has 4 aromatic rings. The maximum absolute atomic E-state index is 12.8. The highest BCUT2D eigenvalue weighted by Gasteiger charge is 2.16. The van der Waals surface area contributed by atoms with Crippen LogP contribution in [0.4, 0.5) is 5.82 Å². The van der Waals surface area contributed by atoms with Crippen LogP contribution in [0.1, 0.15) is 11.3 Å². The highest BCUT2D eigenvalue weighted by molar-refractivity contribution is 5.94. The first-order valence-corrected chi connectivity index (χ1v) is 9.98. The molecule has 32 heavy (non-hydrogen) atoms. The normalized spacial score (nSPS) is 10.8. The fourth-order valence-electron chi connectivity index (χ4n) is 3.65. The maximum Gasteiger partial charge on any atom is 0.274 e. The van der Waals surface area contributed by atoms with Crippen molar-refractivity contribution in [3.63, 3.8) is 0 Å². The molecule has 0 spiro atoms. The van der Waals surface area contributed by atoms with E-state index >= 15 is 0 Å². The van der Waals surface area contributed by atoms with E-state index in [-0.39, 0.29) is 17.9 Å². The van der Waals surface area contributed by atoms with Crippen molar-refractivity contribution in [1.29, 1.82) is 0 Å². The molecule has 0 saturated carbocycles. The zero-order valence-electron chi connectivity index (χ0n) is 18.0. The Kier molecular flexibility index (Phi) is 5.89. The largest absolute Gasteiger partial charge is 0.493 e. The average molecular weight is 433 g/mol. The summed E-state index contributed by atoms with van der Waals surface area (Å²) in [5, 5.41) is 12.7. The number of fused-ring (bicyclic) bond motifs is 1.